The number of hydrogen-bond donors (Lipinski definition) is 0. The molecule has 1 aromatic heterocycles. The lowest BCUT2D eigenvalue weighted by molar-refractivity contribution is 0.332. The van der Waals surface area contributed by atoms with Crippen molar-refractivity contribution in [2.45, 2.75) is 64.7 Å². The second-order valence-electron chi connectivity index (χ2n) is 4.40. The van der Waals surface area contributed by atoms with Crippen molar-refractivity contribution < 1.29 is 4.52 Å². The van der Waals surface area contributed by atoms with Gasteiger partial charge in [0.1, 0.15) is 6.07 Å². The second kappa shape index (κ2) is 7.83. The fourth-order valence-electron chi connectivity index (χ4n) is 2.00. The summed E-state index contributed by atoms with van der Waals surface area (Å²) in [5.74, 6) is 1.11. The molecule has 94 valence electrons. The van der Waals surface area contributed by atoms with Crippen molar-refractivity contribution in [2.75, 3.05) is 0 Å². The first-order valence-electron chi connectivity index (χ1n) is 6.55. The molecule has 0 saturated carbocycles. The average Bonchev–Trinajstić information content (AvgIpc) is 2.82. The Morgan fingerprint density at radius 3 is 2.59 bits per heavy atom. The molecule has 0 aliphatic carbocycles. The minimum absolute atomic E-state index is 0.148. The van der Waals surface area contributed by atoms with Gasteiger partial charge in [-0.25, -0.2) is 0 Å². The van der Waals surface area contributed by atoms with E-state index in [0.29, 0.717) is 11.8 Å². The number of hydrogen-bond acceptors (Lipinski definition) is 4. The zero-order valence-electron chi connectivity index (χ0n) is 10.8. The van der Waals surface area contributed by atoms with Crippen LogP contribution in [0.4, 0.5) is 0 Å². The molecule has 1 atom stereocenters. The minimum atomic E-state index is 0.148. The van der Waals surface area contributed by atoms with E-state index < -0.39 is 0 Å². The molecule has 0 saturated heterocycles. The Bertz CT molecular complexity index is 354. The molecule has 0 aliphatic heterocycles. The van der Waals surface area contributed by atoms with E-state index in [1.54, 1.807) is 0 Å². The fourth-order valence-corrected chi connectivity index (χ4v) is 2.00. The zero-order chi connectivity index (χ0) is 12.5. The van der Waals surface area contributed by atoms with E-state index in [2.05, 4.69) is 24.0 Å². The number of unbranched alkanes of at least 4 members (excludes halogenated alkanes) is 3. The second-order valence-corrected chi connectivity index (χ2v) is 4.40. The molecule has 1 heterocycles. The Hall–Kier alpha value is -1.37. The van der Waals surface area contributed by atoms with Gasteiger partial charge in [0, 0.05) is 5.92 Å². The van der Waals surface area contributed by atoms with Gasteiger partial charge in [-0.15, -0.1) is 0 Å². The lowest BCUT2D eigenvalue weighted by Crippen LogP contribution is -1.99. The molecule has 1 aromatic rings. The zero-order valence-corrected chi connectivity index (χ0v) is 10.8. The van der Waals surface area contributed by atoms with Crippen molar-refractivity contribution >= 4 is 0 Å². The Morgan fingerprint density at radius 1 is 1.18 bits per heavy atom. The summed E-state index contributed by atoms with van der Waals surface area (Å²) < 4.78 is 5.14. The Balaban J connectivity index is 2.50. The van der Waals surface area contributed by atoms with Gasteiger partial charge in [-0.2, -0.15) is 10.2 Å². The summed E-state index contributed by atoms with van der Waals surface area (Å²) in [7, 11) is 0. The first-order valence-corrected chi connectivity index (χ1v) is 6.55. The number of nitrogens with zero attached hydrogens (tertiary/aromatic N) is 3. The summed E-state index contributed by atoms with van der Waals surface area (Å²) in [6, 6.07) is 1.90. The molecule has 0 bridgehead atoms. The van der Waals surface area contributed by atoms with Crippen LogP contribution in [-0.4, -0.2) is 10.1 Å². The molecule has 4 heteroatoms. The monoisotopic (exact) mass is 235 g/mol. The summed E-state index contributed by atoms with van der Waals surface area (Å²) in [6.45, 7) is 4.36. The summed E-state index contributed by atoms with van der Waals surface area (Å²) >= 11 is 0. The third kappa shape index (κ3) is 4.56. The van der Waals surface area contributed by atoms with E-state index >= 15 is 0 Å². The normalized spacial score (nSPS) is 12.3. The molecule has 0 fully saturated rings. The van der Waals surface area contributed by atoms with Gasteiger partial charge in [0.25, 0.3) is 5.82 Å². The molecule has 0 aromatic carbocycles. The van der Waals surface area contributed by atoms with Gasteiger partial charge in [0.15, 0.2) is 0 Å². The van der Waals surface area contributed by atoms with E-state index in [1.165, 1.54) is 25.7 Å². The predicted molar refractivity (Wildman–Crippen MR) is 65.4 cm³/mol. The van der Waals surface area contributed by atoms with E-state index in [0.717, 1.165) is 19.3 Å². The maximum absolute atomic E-state index is 8.67. The van der Waals surface area contributed by atoms with Crippen LogP contribution in [0.5, 0.6) is 0 Å². The van der Waals surface area contributed by atoms with Gasteiger partial charge in [-0.05, 0) is 18.0 Å². The molecule has 1 unspecified atom stereocenters. The topological polar surface area (TPSA) is 62.7 Å². The van der Waals surface area contributed by atoms with Crippen LogP contribution < -0.4 is 0 Å². The van der Waals surface area contributed by atoms with Crippen molar-refractivity contribution in [2.24, 2.45) is 0 Å². The standard InChI is InChI=1S/C13H21N3O/c1-3-5-6-7-9-11(8-4-2)13-15-12(10-14)16-17-13/h11H,3-9H2,1-2H3. The van der Waals surface area contributed by atoms with Gasteiger partial charge < -0.3 is 4.52 Å². The summed E-state index contributed by atoms with van der Waals surface area (Å²) in [5, 5.41) is 12.3. The number of aromatic nitrogens is 2. The van der Waals surface area contributed by atoms with Gasteiger partial charge in [-0.1, -0.05) is 46.0 Å². The molecular formula is C13H21N3O. The molecule has 0 radical (unpaired) electrons. The Kier molecular flexibility index (Phi) is 6.31. The van der Waals surface area contributed by atoms with Gasteiger partial charge >= 0.3 is 0 Å². The molecule has 17 heavy (non-hydrogen) atoms. The highest BCUT2D eigenvalue weighted by molar-refractivity contribution is 5.08. The molecule has 0 spiro atoms. The van der Waals surface area contributed by atoms with Gasteiger partial charge in [-0.3, -0.25) is 0 Å². The van der Waals surface area contributed by atoms with Crippen LogP contribution in [-0.2, 0) is 0 Å². The van der Waals surface area contributed by atoms with E-state index in [-0.39, 0.29) is 5.82 Å². The maximum atomic E-state index is 8.67. The first kappa shape index (κ1) is 13.7. The smallest absolute Gasteiger partial charge is 0.273 e. The fraction of sp³-hybridized carbons (Fsp3) is 0.769. The largest absolute Gasteiger partial charge is 0.338 e. The SMILES string of the molecule is CCCCCCC(CCC)c1nc(C#N)no1. The first-order chi connectivity index (χ1) is 8.31. The molecular weight excluding hydrogens is 214 g/mol. The minimum Gasteiger partial charge on any atom is -0.338 e. The number of rotatable bonds is 8. The lowest BCUT2D eigenvalue weighted by Gasteiger charge is -2.10. The Labute approximate surface area is 103 Å². The third-order valence-electron chi connectivity index (χ3n) is 2.93. The average molecular weight is 235 g/mol. The molecule has 4 nitrogen and oxygen atoms in total. The quantitative estimate of drug-likeness (QED) is 0.643. The van der Waals surface area contributed by atoms with E-state index in [4.69, 9.17) is 9.78 Å². The molecule has 0 amide bonds. The van der Waals surface area contributed by atoms with Crippen LogP contribution in [0.3, 0.4) is 0 Å². The molecule has 1 rings (SSSR count). The van der Waals surface area contributed by atoms with Crippen LogP contribution >= 0.6 is 0 Å². The van der Waals surface area contributed by atoms with Crippen LogP contribution in [0, 0.1) is 11.3 Å². The molecule has 0 N–H and O–H groups in total. The van der Waals surface area contributed by atoms with Crippen molar-refractivity contribution in [3.8, 4) is 6.07 Å². The van der Waals surface area contributed by atoms with Crippen molar-refractivity contribution in [1.82, 2.24) is 10.1 Å². The highest BCUT2D eigenvalue weighted by Crippen LogP contribution is 2.26. The Morgan fingerprint density at radius 2 is 2.00 bits per heavy atom. The summed E-state index contributed by atoms with van der Waals surface area (Å²) in [5.41, 5.74) is 0. The summed E-state index contributed by atoms with van der Waals surface area (Å²) in [6.07, 6.45) is 8.23. The molecule has 0 aliphatic rings. The maximum Gasteiger partial charge on any atom is 0.273 e. The summed E-state index contributed by atoms with van der Waals surface area (Å²) in [4.78, 5) is 4.11. The van der Waals surface area contributed by atoms with Gasteiger partial charge in [0.05, 0.1) is 0 Å². The van der Waals surface area contributed by atoms with Crippen molar-refractivity contribution in [3.63, 3.8) is 0 Å². The van der Waals surface area contributed by atoms with Crippen LogP contribution in [0.2, 0.25) is 0 Å². The number of nitriles is 1. The van der Waals surface area contributed by atoms with E-state index in [9.17, 15) is 0 Å². The van der Waals surface area contributed by atoms with Crippen LogP contribution in [0.25, 0.3) is 0 Å². The third-order valence-corrected chi connectivity index (χ3v) is 2.93. The highest BCUT2D eigenvalue weighted by atomic mass is 16.5. The lowest BCUT2D eigenvalue weighted by atomic mass is 9.96. The predicted octanol–water partition coefficient (Wildman–Crippen LogP) is 3.80. The van der Waals surface area contributed by atoms with Crippen molar-refractivity contribution in [3.05, 3.63) is 11.7 Å². The highest BCUT2D eigenvalue weighted by Gasteiger charge is 2.17. The van der Waals surface area contributed by atoms with Gasteiger partial charge in [0.2, 0.25) is 5.89 Å². The van der Waals surface area contributed by atoms with Crippen LogP contribution in [0.1, 0.15) is 76.4 Å². The van der Waals surface area contributed by atoms with Crippen LogP contribution in [0.15, 0.2) is 4.52 Å². The van der Waals surface area contributed by atoms with E-state index in [1.807, 2.05) is 6.07 Å². The van der Waals surface area contributed by atoms with Crippen molar-refractivity contribution in [1.29, 1.82) is 5.26 Å².